The molecule has 0 aliphatic heterocycles. The van der Waals surface area contributed by atoms with E-state index >= 15 is 0 Å². The molecule has 5 nitrogen and oxygen atoms in total. The molecule has 0 spiro atoms. The van der Waals surface area contributed by atoms with Gasteiger partial charge >= 0.3 is 11.9 Å². The Morgan fingerprint density at radius 2 is 0.913 bits per heavy atom. The van der Waals surface area contributed by atoms with Crippen molar-refractivity contribution in [3.05, 3.63) is 36.5 Å². The molecule has 1 atom stereocenters. The quantitative estimate of drug-likeness (QED) is 0.0397. The van der Waals surface area contributed by atoms with Gasteiger partial charge in [0.25, 0.3) is 0 Å². The minimum absolute atomic E-state index is 0.0944. The molecule has 0 aromatic rings. The van der Waals surface area contributed by atoms with Crippen LogP contribution in [0.1, 0.15) is 194 Å². The molecule has 0 aromatic heterocycles. The van der Waals surface area contributed by atoms with E-state index in [4.69, 9.17) is 9.47 Å². The Labute approximate surface area is 284 Å². The standard InChI is InChI=1S/C41H71NO4/c1-4-6-8-10-12-14-16-18-20-22-24-26-28-30-32-34-40(43)45-37-38(3)39(36-42)46-41(44)35-33-31-29-27-25-23-21-19-17-15-13-11-9-7-5-2/h18-21,39H,3-17,22-35,37H2,1-2H3. The van der Waals surface area contributed by atoms with Crippen molar-refractivity contribution < 1.29 is 19.1 Å². The monoisotopic (exact) mass is 642 g/mol. The summed E-state index contributed by atoms with van der Waals surface area (Å²) in [5.74, 6) is -0.694. The SMILES string of the molecule is C=C(COC(=O)CCCCCCCC=CCCCCCCCC)C(C#N)OC(=O)CCCCCCCC=CCCCCCCCC. The summed E-state index contributed by atoms with van der Waals surface area (Å²) in [5, 5.41) is 9.43. The Hall–Kier alpha value is -2.35. The number of carbonyl (C=O) groups is 2. The van der Waals surface area contributed by atoms with Crippen LogP contribution in [0.4, 0.5) is 0 Å². The highest BCUT2D eigenvalue weighted by Crippen LogP contribution is 2.14. The van der Waals surface area contributed by atoms with E-state index in [1.54, 1.807) is 0 Å². The lowest BCUT2D eigenvalue weighted by atomic mass is 10.1. The molecule has 5 heteroatoms. The summed E-state index contributed by atoms with van der Waals surface area (Å²) in [7, 11) is 0. The van der Waals surface area contributed by atoms with Crippen LogP contribution < -0.4 is 0 Å². The fraction of sp³-hybridized carbons (Fsp3) is 0.780. The molecule has 0 aliphatic rings. The van der Waals surface area contributed by atoms with E-state index < -0.39 is 12.1 Å². The summed E-state index contributed by atoms with van der Waals surface area (Å²) in [6.45, 7) is 8.23. The maximum Gasteiger partial charge on any atom is 0.307 e. The number of nitriles is 1. The molecule has 0 aromatic carbocycles. The second-order valence-electron chi connectivity index (χ2n) is 13.0. The van der Waals surface area contributed by atoms with Gasteiger partial charge in [-0.25, -0.2) is 0 Å². The minimum atomic E-state index is -1.08. The van der Waals surface area contributed by atoms with E-state index in [9.17, 15) is 14.9 Å². The lowest BCUT2D eigenvalue weighted by Gasteiger charge is -2.14. The number of esters is 2. The summed E-state index contributed by atoms with van der Waals surface area (Å²) in [5.41, 5.74) is 0.304. The van der Waals surface area contributed by atoms with Crippen LogP contribution in [0.5, 0.6) is 0 Å². The zero-order valence-corrected chi connectivity index (χ0v) is 30.2. The molecule has 0 rings (SSSR count). The van der Waals surface area contributed by atoms with Crippen molar-refractivity contribution in [3.8, 4) is 6.07 Å². The highest BCUT2D eigenvalue weighted by molar-refractivity contribution is 5.70. The molecular formula is C41H71NO4. The van der Waals surface area contributed by atoms with Crippen LogP contribution in [0, 0.1) is 11.3 Å². The average molecular weight is 642 g/mol. The van der Waals surface area contributed by atoms with E-state index in [2.05, 4.69) is 44.7 Å². The third-order valence-electron chi connectivity index (χ3n) is 8.44. The number of unbranched alkanes of at least 4 members (excludes halogenated alkanes) is 22. The maximum absolute atomic E-state index is 12.2. The number of rotatable bonds is 34. The van der Waals surface area contributed by atoms with Gasteiger partial charge in [0, 0.05) is 18.4 Å². The summed E-state index contributed by atoms with van der Waals surface area (Å²) in [4.78, 5) is 24.3. The van der Waals surface area contributed by atoms with Crippen LogP contribution in [0.3, 0.4) is 0 Å². The van der Waals surface area contributed by atoms with Crippen LogP contribution in [0.25, 0.3) is 0 Å². The first-order valence-corrected chi connectivity index (χ1v) is 19.3. The van der Waals surface area contributed by atoms with Gasteiger partial charge in [0.2, 0.25) is 6.10 Å². The largest absolute Gasteiger partial charge is 0.461 e. The number of allylic oxidation sites excluding steroid dienone is 4. The first-order chi connectivity index (χ1) is 22.5. The van der Waals surface area contributed by atoms with Crippen molar-refractivity contribution in [1.29, 1.82) is 5.26 Å². The third kappa shape index (κ3) is 31.6. The summed E-state index contributed by atoms with van der Waals surface area (Å²) < 4.78 is 10.6. The predicted octanol–water partition coefficient (Wildman–Crippen LogP) is 12.6. The van der Waals surface area contributed by atoms with Gasteiger partial charge in [-0.3, -0.25) is 9.59 Å². The second-order valence-corrected chi connectivity index (χ2v) is 13.0. The Bertz CT molecular complexity index is 825. The smallest absolute Gasteiger partial charge is 0.307 e. The molecule has 0 N–H and O–H groups in total. The Balaban J connectivity index is 3.70. The minimum Gasteiger partial charge on any atom is -0.461 e. The first kappa shape index (κ1) is 43.6. The Kier molecular flexibility index (Phi) is 33.7. The van der Waals surface area contributed by atoms with Crippen LogP contribution in [0.15, 0.2) is 36.5 Å². The van der Waals surface area contributed by atoms with Gasteiger partial charge < -0.3 is 9.47 Å². The molecule has 264 valence electrons. The van der Waals surface area contributed by atoms with Crippen molar-refractivity contribution in [2.45, 2.75) is 200 Å². The van der Waals surface area contributed by atoms with Crippen LogP contribution in [-0.2, 0) is 19.1 Å². The van der Waals surface area contributed by atoms with Gasteiger partial charge in [-0.05, 0) is 64.2 Å². The molecule has 0 saturated carbocycles. The number of ether oxygens (including phenoxy) is 2. The van der Waals surface area contributed by atoms with Gasteiger partial charge in [-0.2, -0.15) is 5.26 Å². The Morgan fingerprint density at radius 3 is 1.30 bits per heavy atom. The zero-order chi connectivity index (χ0) is 33.8. The number of hydrogen-bond acceptors (Lipinski definition) is 5. The van der Waals surface area contributed by atoms with E-state index in [0.717, 1.165) is 57.8 Å². The van der Waals surface area contributed by atoms with E-state index in [1.165, 1.54) is 109 Å². The van der Waals surface area contributed by atoms with E-state index in [0.29, 0.717) is 18.4 Å². The van der Waals surface area contributed by atoms with Crippen LogP contribution in [0.2, 0.25) is 0 Å². The summed E-state index contributed by atoms with van der Waals surface area (Å²) in [6.07, 6.45) is 40.2. The molecule has 0 saturated heterocycles. The molecule has 0 radical (unpaired) electrons. The van der Waals surface area contributed by atoms with Crippen molar-refractivity contribution in [2.24, 2.45) is 0 Å². The molecule has 0 heterocycles. The van der Waals surface area contributed by atoms with Crippen molar-refractivity contribution in [1.82, 2.24) is 0 Å². The van der Waals surface area contributed by atoms with Crippen molar-refractivity contribution in [3.63, 3.8) is 0 Å². The van der Waals surface area contributed by atoms with Gasteiger partial charge in [0.1, 0.15) is 12.7 Å². The maximum atomic E-state index is 12.2. The molecule has 0 bridgehead atoms. The van der Waals surface area contributed by atoms with Gasteiger partial charge in [0.15, 0.2) is 0 Å². The summed E-state index contributed by atoms with van der Waals surface area (Å²) >= 11 is 0. The van der Waals surface area contributed by atoms with Gasteiger partial charge in [-0.15, -0.1) is 0 Å². The molecule has 46 heavy (non-hydrogen) atoms. The van der Waals surface area contributed by atoms with Gasteiger partial charge in [-0.1, -0.05) is 147 Å². The predicted molar refractivity (Wildman–Crippen MR) is 194 cm³/mol. The molecule has 0 fully saturated rings. The van der Waals surface area contributed by atoms with Crippen molar-refractivity contribution in [2.75, 3.05) is 6.61 Å². The topological polar surface area (TPSA) is 76.4 Å². The fourth-order valence-electron chi connectivity index (χ4n) is 5.39. The highest BCUT2D eigenvalue weighted by Gasteiger charge is 2.18. The number of hydrogen-bond donors (Lipinski definition) is 0. The Morgan fingerprint density at radius 1 is 0.565 bits per heavy atom. The molecule has 0 aliphatic carbocycles. The van der Waals surface area contributed by atoms with Crippen molar-refractivity contribution >= 4 is 11.9 Å². The number of nitrogens with zero attached hydrogens (tertiary/aromatic N) is 1. The fourth-order valence-corrected chi connectivity index (χ4v) is 5.39. The van der Waals surface area contributed by atoms with E-state index in [1.807, 2.05) is 6.07 Å². The lowest BCUT2D eigenvalue weighted by molar-refractivity contribution is -0.146. The number of carbonyl (C=O) groups excluding carboxylic acids is 2. The lowest BCUT2D eigenvalue weighted by Crippen LogP contribution is -2.22. The van der Waals surface area contributed by atoms with E-state index in [-0.39, 0.29) is 12.6 Å². The molecular weight excluding hydrogens is 570 g/mol. The zero-order valence-electron chi connectivity index (χ0n) is 30.2. The van der Waals surface area contributed by atoms with Gasteiger partial charge in [0.05, 0.1) is 0 Å². The third-order valence-corrected chi connectivity index (χ3v) is 8.44. The van der Waals surface area contributed by atoms with Crippen LogP contribution in [-0.4, -0.2) is 24.6 Å². The highest BCUT2D eigenvalue weighted by atomic mass is 16.6. The second kappa shape index (κ2) is 35.5. The first-order valence-electron chi connectivity index (χ1n) is 19.3. The molecule has 1 unspecified atom stereocenters. The summed E-state index contributed by atoms with van der Waals surface area (Å²) in [6, 6.07) is 1.97. The average Bonchev–Trinajstić information content (AvgIpc) is 3.06. The normalized spacial score (nSPS) is 12.0. The molecule has 0 amide bonds. The van der Waals surface area contributed by atoms with Crippen LogP contribution >= 0.6 is 0 Å².